The molecule has 2 rings (SSSR count). The Hall–Kier alpha value is -1.45. The molecule has 0 radical (unpaired) electrons. The number of ketones is 1. The molecule has 0 saturated heterocycles. The predicted molar refractivity (Wildman–Crippen MR) is 63.6 cm³/mol. The lowest BCUT2D eigenvalue weighted by molar-refractivity contribution is -0.121. The first kappa shape index (κ1) is 13.0. The third kappa shape index (κ3) is 2.86. The molecule has 0 aliphatic heterocycles. The number of Topliss-reactive ketones (excluding diaryl/α,β-unsaturated/α-hetero) is 1. The Balaban J connectivity index is 2.09. The zero-order chi connectivity index (χ0) is 13.1. The number of benzene rings is 1. The van der Waals surface area contributed by atoms with E-state index in [1.807, 2.05) is 0 Å². The zero-order valence-electron chi connectivity index (χ0n) is 10.3. The van der Waals surface area contributed by atoms with Gasteiger partial charge in [-0.1, -0.05) is 0 Å². The van der Waals surface area contributed by atoms with Gasteiger partial charge in [-0.15, -0.1) is 0 Å². The number of carbonyl (C=O) groups excluding carboxylic acids is 1. The monoisotopic (exact) mass is 254 g/mol. The molecule has 18 heavy (non-hydrogen) atoms. The highest BCUT2D eigenvalue weighted by Crippen LogP contribution is 2.28. The molecule has 1 aliphatic rings. The van der Waals surface area contributed by atoms with Crippen molar-refractivity contribution in [3.63, 3.8) is 0 Å². The van der Waals surface area contributed by atoms with Crippen LogP contribution in [0.15, 0.2) is 12.1 Å². The number of carbonyl (C=O) groups is 1. The van der Waals surface area contributed by atoms with E-state index in [9.17, 15) is 13.6 Å². The maximum absolute atomic E-state index is 13.7. The van der Waals surface area contributed by atoms with Crippen molar-refractivity contribution in [2.24, 2.45) is 5.92 Å². The summed E-state index contributed by atoms with van der Waals surface area (Å²) in [6.45, 7) is 0. The van der Waals surface area contributed by atoms with Crippen LogP contribution in [0, 0.1) is 17.6 Å². The van der Waals surface area contributed by atoms with E-state index < -0.39 is 11.6 Å². The zero-order valence-corrected chi connectivity index (χ0v) is 10.3. The average Bonchev–Trinajstić information content (AvgIpc) is 2.36. The summed E-state index contributed by atoms with van der Waals surface area (Å²) in [6.07, 6.45) is 3.15. The van der Waals surface area contributed by atoms with E-state index in [0.29, 0.717) is 24.8 Å². The third-order valence-electron chi connectivity index (χ3n) is 3.49. The van der Waals surface area contributed by atoms with Gasteiger partial charge in [-0.05, 0) is 36.8 Å². The van der Waals surface area contributed by atoms with Gasteiger partial charge < -0.3 is 4.74 Å². The highest BCUT2D eigenvalue weighted by atomic mass is 19.1. The Morgan fingerprint density at radius 1 is 1.22 bits per heavy atom. The SMILES string of the molecule is COc1cc(F)c(CC2CCC(=O)CC2)cc1F. The molecule has 0 bridgehead atoms. The van der Waals surface area contributed by atoms with E-state index in [-0.39, 0.29) is 17.5 Å². The van der Waals surface area contributed by atoms with Crippen molar-refractivity contribution in [1.29, 1.82) is 0 Å². The van der Waals surface area contributed by atoms with Crippen LogP contribution >= 0.6 is 0 Å². The van der Waals surface area contributed by atoms with Gasteiger partial charge in [0.1, 0.15) is 11.6 Å². The predicted octanol–water partition coefficient (Wildman–Crippen LogP) is 3.28. The fourth-order valence-corrected chi connectivity index (χ4v) is 2.40. The maximum Gasteiger partial charge on any atom is 0.165 e. The van der Waals surface area contributed by atoms with Crippen LogP contribution in [-0.2, 0) is 11.2 Å². The van der Waals surface area contributed by atoms with Gasteiger partial charge in [0.25, 0.3) is 0 Å². The molecule has 0 N–H and O–H groups in total. The van der Waals surface area contributed by atoms with Gasteiger partial charge in [0.2, 0.25) is 0 Å². The Morgan fingerprint density at radius 2 is 1.89 bits per heavy atom. The quantitative estimate of drug-likeness (QED) is 0.827. The molecule has 0 unspecified atom stereocenters. The summed E-state index contributed by atoms with van der Waals surface area (Å²) in [6, 6.07) is 2.28. The highest BCUT2D eigenvalue weighted by molar-refractivity contribution is 5.79. The summed E-state index contributed by atoms with van der Waals surface area (Å²) in [5.41, 5.74) is 0.368. The summed E-state index contributed by atoms with van der Waals surface area (Å²) in [4.78, 5) is 11.1. The smallest absolute Gasteiger partial charge is 0.165 e. The van der Waals surface area contributed by atoms with Gasteiger partial charge in [-0.25, -0.2) is 8.78 Å². The number of rotatable bonds is 3. The van der Waals surface area contributed by atoms with Gasteiger partial charge in [0, 0.05) is 18.9 Å². The molecule has 1 aliphatic carbocycles. The highest BCUT2D eigenvalue weighted by Gasteiger charge is 2.21. The molecule has 2 nitrogen and oxygen atoms in total. The van der Waals surface area contributed by atoms with Crippen molar-refractivity contribution >= 4 is 5.78 Å². The fourth-order valence-electron chi connectivity index (χ4n) is 2.40. The summed E-state index contributed by atoms with van der Waals surface area (Å²) in [5.74, 6) is -0.515. The molecule has 1 aromatic carbocycles. The van der Waals surface area contributed by atoms with E-state index >= 15 is 0 Å². The van der Waals surface area contributed by atoms with Crippen LogP contribution in [-0.4, -0.2) is 12.9 Å². The summed E-state index contributed by atoms with van der Waals surface area (Å²) < 4.78 is 32.0. The topological polar surface area (TPSA) is 26.3 Å². The molecule has 0 amide bonds. The molecule has 98 valence electrons. The van der Waals surface area contributed by atoms with E-state index in [4.69, 9.17) is 4.74 Å². The van der Waals surface area contributed by atoms with Crippen molar-refractivity contribution in [2.75, 3.05) is 7.11 Å². The van der Waals surface area contributed by atoms with Gasteiger partial charge in [0.15, 0.2) is 11.6 Å². The number of hydrogen-bond donors (Lipinski definition) is 0. The molecule has 0 atom stereocenters. The van der Waals surface area contributed by atoms with Crippen LogP contribution in [0.1, 0.15) is 31.2 Å². The second kappa shape index (κ2) is 5.46. The van der Waals surface area contributed by atoms with Crippen LogP contribution in [0.4, 0.5) is 8.78 Å². The lowest BCUT2D eigenvalue weighted by Crippen LogP contribution is -2.16. The first-order valence-electron chi connectivity index (χ1n) is 6.13. The van der Waals surface area contributed by atoms with Gasteiger partial charge in [-0.3, -0.25) is 4.79 Å². The van der Waals surface area contributed by atoms with Crippen LogP contribution in [0.25, 0.3) is 0 Å². The van der Waals surface area contributed by atoms with E-state index in [1.54, 1.807) is 0 Å². The summed E-state index contributed by atoms with van der Waals surface area (Å²) >= 11 is 0. The Bertz CT molecular complexity index is 447. The molecule has 4 heteroatoms. The first-order valence-corrected chi connectivity index (χ1v) is 6.13. The van der Waals surface area contributed by atoms with Gasteiger partial charge in [0.05, 0.1) is 7.11 Å². The Labute approximate surface area is 105 Å². The van der Waals surface area contributed by atoms with Crippen LogP contribution in [0.5, 0.6) is 5.75 Å². The van der Waals surface area contributed by atoms with Crippen molar-refractivity contribution in [2.45, 2.75) is 32.1 Å². The second-order valence-corrected chi connectivity index (χ2v) is 4.76. The Morgan fingerprint density at radius 3 is 2.50 bits per heavy atom. The molecule has 1 fully saturated rings. The Kier molecular flexibility index (Phi) is 3.94. The lowest BCUT2D eigenvalue weighted by atomic mass is 9.84. The largest absolute Gasteiger partial charge is 0.494 e. The molecular weight excluding hydrogens is 238 g/mol. The maximum atomic E-state index is 13.7. The lowest BCUT2D eigenvalue weighted by Gasteiger charge is -2.21. The van der Waals surface area contributed by atoms with Gasteiger partial charge in [-0.2, -0.15) is 0 Å². The minimum absolute atomic E-state index is 0.0740. The summed E-state index contributed by atoms with van der Waals surface area (Å²) in [5, 5.41) is 0. The van der Waals surface area contributed by atoms with Gasteiger partial charge >= 0.3 is 0 Å². The molecule has 1 aromatic rings. The number of halogens is 2. The number of hydrogen-bond acceptors (Lipinski definition) is 2. The molecular formula is C14H16F2O2. The third-order valence-corrected chi connectivity index (χ3v) is 3.49. The van der Waals surface area contributed by atoms with Crippen molar-refractivity contribution < 1.29 is 18.3 Å². The number of ether oxygens (including phenoxy) is 1. The standard InChI is InChI=1S/C14H16F2O2/c1-18-14-8-12(15)10(7-13(14)16)6-9-2-4-11(17)5-3-9/h7-9H,2-6H2,1H3. The summed E-state index contributed by atoms with van der Waals surface area (Å²) in [7, 11) is 1.31. The second-order valence-electron chi connectivity index (χ2n) is 4.76. The average molecular weight is 254 g/mol. The number of methoxy groups -OCH3 is 1. The van der Waals surface area contributed by atoms with Crippen LogP contribution in [0.2, 0.25) is 0 Å². The molecule has 0 spiro atoms. The van der Waals surface area contributed by atoms with Crippen molar-refractivity contribution in [1.82, 2.24) is 0 Å². The van der Waals surface area contributed by atoms with Crippen LogP contribution < -0.4 is 4.74 Å². The molecule has 1 saturated carbocycles. The van der Waals surface area contributed by atoms with E-state index in [1.165, 1.54) is 13.2 Å². The van der Waals surface area contributed by atoms with Crippen molar-refractivity contribution in [3.8, 4) is 5.75 Å². The fraction of sp³-hybridized carbons (Fsp3) is 0.500. The molecule has 0 aromatic heterocycles. The normalized spacial score (nSPS) is 16.9. The minimum Gasteiger partial charge on any atom is -0.494 e. The first-order chi connectivity index (χ1) is 8.60. The minimum atomic E-state index is -0.541. The van der Waals surface area contributed by atoms with Crippen LogP contribution in [0.3, 0.4) is 0 Å². The van der Waals surface area contributed by atoms with E-state index in [0.717, 1.165) is 18.9 Å². The van der Waals surface area contributed by atoms with E-state index in [2.05, 4.69) is 0 Å². The molecule has 0 heterocycles. The van der Waals surface area contributed by atoms with Crippen molar-refractivity contribution in [3.05, 3.63) is 29.3 Å².